The highest BCUT2D eigenvalue weighted by molar-refractivity contribution is 5.85. The first-order valence-electron chi connectivity index (χ1n) is 8.31. The Labute approximate surface area is 157 Å². The molecule has 3 rings (SSSR count). The van der Waals surface area contributed by atoms with Crippen molar-refractivity contribution in [3.63, 3.8) is 0 Å². The summed E-state index contributed by atoms with van der Waals surface area (Å²) in [6.07, 6.45) is 1.17. The minimum atomic E-state index is -1.01. The monoisotopic (exact) mass is 382 g/mol. The summed E-state index contributed by atoms with van der Waals surface area (Å²) < 4.78 is 32.2. The summed E-state index contributed by atoms with van der Waals surface area (Å²) in [4.78, 5) is 12.6. The van der Waals surface area contributed by atoms with Gasteiger partial charge in [-0.05, 0) is 31.5 Å². The Balaban J connectivity index is 0.00000243. The van der Waals surface area contributed by atoms with Crippen molar-refractivity contribution in [2.45, 2.75) is 25.0 Å². The summed E-state index contributed by atoms with van der Waals surface area (Å²) in [6.45, 7) is 1.46. The van der Waals surface area contributed by atoms with Gasteiger partial charge in [-0.3, -0.25) is 4.79 Å². The van der Waals surface area contributed by atoms with Crippen LogP contribution in [0.2, 0.25) is 0 Å². The molecule has 2 aromatic rings. The number of rotatable bonds is 6. The van der Waals surface area contributed by atoms with E-state index in [1.165, 1.54) is 6.07 Å². The number of nitrogens with one attached hydrogen (secondary N) is 2. The maximum Gasteiger partial charge on any atom is 0.265 e. The van der Waals surface area contributed by atoms with Crippen LogP contribution in [-0.4, -0.2) is 25.0 Å². The van der Waals surface area contributed by atoms with Crippen molar-refractivity contribution in [1.82, 2.24) is 10.6 Å². The largest absolute Gasteiger partial charge is 0.476 e. The molecule has 0 saturated carbocycles. The second-order valence-electron chi connectivity index (χ2n) is 6.02. The molecule has 1 saturated heterocycles. The molecule has 2 unspecified atom stereocenters. The van der Waals surface area contributed by atoms with Gasteiger partial charge in [0.05, 0.1) is 0 Å². The van der Waals surface area contributed by atoms with Crippen molar-refractivity contribution >= 4 is 18.3 Å². The molecule has 1 heterocycles. The number of amides is 1. The van der Waals surface area contributed by atoms with E-state index in [1.807, 2.05) is 6.07 Å². The average Bonchev–Trinajstić information content (AvgIpc) is 3.15. The molecule has 1 fully saturated rings. The summed E-state index contributed by atoms with van der Waals surface area (Å²) in [6, 6.07) is 12.4. The molecule has 1 aliphatic heterocycles. The predicted molar refractivity (Wildman–Crippen MR) is 97.5 cm³/mol. The molecule has 2 atom stereocenters. The van der Waals surface area contributed by atoms with Gasteiger partial charge in [0.1, 0.15) is 5.75 Å². The van der Waals surface area contributed by atoms with Crippen LogP contribution in [0.5, 0.6) is 5.75 Å². The summed E-state index contributed by atoms with van der Waals surface area (Å²) in [5.41, 5.74) is 0.643. The van der Waals surface area contributed by atoms with Crippen LogP contribution in [0.1, 0.15) is 24.5 Å². The van der Waals surface area contributed by atoms with E-state index in [1.54, 1.807) is 24.3 Å². The Morgan fingerprint density at radius 2 is 1.96 bits per heavy atom. The number of carbonyl (C=O) groups excluding carboxylic acids is 1. The number of halogens is 3. The lowest BCUT2D eigenvalue weighted by Crippen LogP contribution is -2.40. The van der Waals surface area contributed by atoms with Crippen molar-refractivity contribution in [2.24, 2.45) is 0 Å². The molecule has 0 aliphatic carbocycles. The molecule has 0 radical (unpaired) electrons. The standard InChI is InChI=1S/C19H20F2N2O2.ClH/c20-16-9-8-15(11-17(16)21)25-18(13-5-2-1-3-6-13)19(24)23-12-14-7-4-10-22-14;/h1-3,5-6,8-9,11,14,18,22H,4,7,10,12H2,(H,23,24);1H. The first-order chi connectivity index (χ1) is 12.1. The van der Waals surface area contributed by atoms with Crippen molar-refractivity contribution in [2.75, 3.05) is 13.1 Å². The van der Waals surface area contributed by atoms with E-state index >= 15 is 0 Å². The molecule has 0 aromatic heterocycles. The Morgan fingerprint density at radius 3 is 2.62 bits per heavy atom. The Kier molecular flexibility index (Phi) is 7.36. The zero-order valence-electron chi connectivity index (χ0n) is 14.1. The quantitative estimate of drug-likeness (QED) is 0.805. The van der Waals surface area contributed by atoms with Gasteiger partial charge in [-0.2, -0.15) is 0 Å². The van der Waals surface area contributed by atoms with Gasteiger partial charge in [0, 0.05) is 24.2 Å². The van der Waals surface area contributed by atoms with Gasteiger partial charge in [-0.15, -0.1) is 12.4 Å². The van der Waals surface area contributed by atoms with Gasteiger partial charge in [0.2, 0.25) is 6.10 Å². The highest BCUT2D eigenvalue weighted by atomic mass is 35.5. The first-order valence-corrected chi connectivity index (χ1v) is 8.31. The fraction of sp³-hybridized carbons (Fsp3) is 0.316. The maximum absolute atomic E-state index is 13.4. The topological polar surface area (TPSA) is 50.4 Å². The van der Waals surface area contributed by atoms with Crippen LogP contribution in [0.15, 0.2) is 48.5 Å². The van der Waals surface area contributed by atoms with Gasteiger partial charge in [0.25, 0.3) is 5.91 Å². The van der Waals surface area contributed by atoms with Crippen LogP contribution in [-0.2, 0) is 4.79 Å². The third-order valence-corrected chi connectivity index (χ3v) is 4.17. The van der Waals surface area contributed by atoms with Gasteiger partial charge in [0.15, 0.2) is 11.6 Å². The van der Waals surface area contributed by atoms with Gasteiger partial charge in [-0.1, -0.05) is 30.3 Å². The predicted octanol–water partition coefficient (Wildman–Crippen LogP) is 3.37. The molecule has 1 aliphatic rings. The van der Waals surface area contributed by atoms with E-state index in [-0.39, 0.29) is 30.1 Å². The van der Waals surface area contributed by atoms with Crippen LogP contribution in [0.25, 0.3) is 0 Å². The van der Waals surface area contributed by atoms with Crippen LogP contribution in [0, 0.1) is 11.6 Å². The van der Waals surface area contributed by atoms with E-state index in [0.29, 0.717) is 12.1 Å². The van der Waals surface area contributed by atoms with Crippen molar-refractivity contribution < 1.29 is 18.3 Å². The molecule has 0 spiro atoms. The molecule has 7 heteroatoms. The maximum atomic E-state index is 13.4. The van der Waals surface area contributed by atoms with E-state index in [9.17, 15) is 13.6 Å². The second-order valence-corrected chi connectivity index (χ2v) is 6.02. The molecule has 140 valence electrons. The molecular weight excluding hydrogens is 362 g/mol. The number of hydrogen-bond donors (Lipinski definition) is 2. The second kappa shape index (κ2) is 9.50. The lowest BCUT2D eigenvalue weighted by Gasteiger charge is -2.20. The van der Waals surface area contributed by atoms with Crippen molar-refractivity contribution in [1.29, 1.82) is 0 Å². The fourth-order valence-electron chi connectivity index (χ4n) is 2.83. The van der Waals surface area contributed by atoms with Crippen molar-refractivity contribution in [3.8, 4) is 5.75 Å². The number of benzene rings is 2. The van der Waals surface area contributed by atoms with E-state index in [4.69, 9.17) is 4.74 Å². The molecule has 0 bridgehead atoms. The fourth-order valence-corrected chi connectivity index (χ4v) is 2.83. The molecule has 2 N–H and O–H groups in total. The summed E-state index contributed by atoms with van der Waals surface area (Å²) in [7, 11) is 0. The lowest BCUT2D eigenvalue weighted by molar-refractivity contribution is -0.128. The zero-order chi connectivity index (χ0) is 17.6. The summed E-state index contributed by atoms with van der Waals surface area (Å²) in [5.74, 6) is -2.19. The van der Waals surface area contributed by atoms with Crippen LogP contribution in [0.4, 0.5) is 8.78 Å². The first kappa shape index (κ1) is 20.1. The van der Waals surface area contributed by atoms with Crippen LogP contribution in [0.3, 0.4) is 0 Å². The zero-order valence-corrected chi connectivity index (χ0v) is 14.9. The minimum absolute atomic E-state index is 0. The third-order valence-electron chi connectivity index (χ3n) is 4.17. The minimum Gasteiger partial charge on any atom is -0.476 e. The number of carbonyl (C=O) groups is 1. The Morgan fingerprint density at radius 1 is 1.19 bits per heavy atom. The van der Waals surface area contributed by atoms with E-state index in [2.05, 4.69) is 10.6 Å². The Hall–Kier alpha value is -2.18. The highest BCUT2D eigenvalue weighted by Crippen LogP contribution is 2.24. The Bertz CT molecular complexity index is 725. The normalized spacial score (nSPS) is 17.2. The number of hydrogen-bond acceptors (Lipinski definition) is 3. The van der Waals surface area contributed by atoms with E-state index < -0.39 is 17.7 Å². The molecule has 4 nitrogen and oxygen atoms in total. The molecule has 2 aromatic carbocycles. The van der Waals surface area contributed by atoms with Gasteiger partial charge >= 0.3 is 0 Å². The molecular formula is C19H21ClF2N2O2. The van der Waals surface area contributed by atoms with Gasteiger partial charge < -0.3 is 15.4 Å². The number of ether oxygens (including phenoxy) is 1. The van der Waals surface area contributed by atoms with Gasteiger partial charge in [-0.25, -0.2) is 8.78 Å². The van der Waals surface area contributed by atoms with Crippen LogP contribution >= 0.6 is 12.4 Å². The van der Waals surface area contributed by atoms with Crippen molar-refractivity contribution in [3.05, 3.63) is 65.7 Å². The highest BCUT2D eigenvalue weighted by Gasteiger charge is 2.24. The molecule has 26 heavy (non-hydrogen) atoms. The average molecular weight is 383 g/mol. The summed E-state index contributed by atoms with van der Waals surface area (Å²) >= 11 is 0. The summed E-state index contributed by atoms with van der Waals surface area (Å²) in [5, 5.41) is 6.18. The SMILES string of the molecule is Cl.O=C(NCC1CCCN1)C(Oc1ccc(F)c(F)c1)c1ccccc1. The third kappa shape index (κ3) is 5.16. The molecule has 1 amide bonds. The van der Waals surface area contributed by atoms with Crippen LogP contribution < -0.4 is 15.4 Å². The lowest BCUT2D eigenvalue weighted by atomic mass is 10.1. The smallest absolute Gasteiger partial charge is 0.265 e. The van der Waals surface area contributed by atoms with E-state index in [0.717, 1.165) is 31.5 Å².